The van der Waals surface area contributed by atoms with E-state index in [1.807, 2.05) is 6.07 Å². The van der Waals surface area contributed by atoms with Gasteiger partial charge in [0.15, 0.2) is 0 Å². The first-order valence-corrected chi connectivity index (χ1v) is 8.15. The first-order chi connectivity index (χ1) is 9.97. The molecule has 1 aliphatic heterocycles. The summed E-state index contributed by atoms with van der Waals surface area (Å²) in [5.41, 5.74) is -1.09. The van der Waals surface area contributed by atoms with E-state index in [9.17, 15) is 14.7 Å². The number of thiophene rings is 1. The van der Waals surface area contributed by atoms with Crippen molar-refractivity contribution >= 4 is 23.3 Å². The summed E-state index contributed by atoms with van der Waals surface area (Å²) in [7, 11) is 0. The zero-order chi connectivity index (χ0) is 15.5. The summed E-state index contributed by atoms with van der Waals surface area (Å²) in [6.45, 7) is 4.68. The van der Waals surface area contributed by atoms with Crippen LogP contribution in [0.5, 0.6) is 0 Å². The van der Waals surface area contributed by atoms with Gasteiger partial charge in [-0.3, -0.25) is 0 Å². The van der Waals surface area contributed by atoms with Gasteiger partial charge in [0.1, 0.15) is 5.54 Å². The molecule has 0 bridgehead atoms. The van der Waals surface area contributed by atoms with Gasteiger partial charge >= 0.3 is 12.0 Å². The molecule has 1 aromatic rings. The smallest absolute Gasteiger partial charge is 0.329 e. The molecule has 0 aromatic carbocycles. The van der Waals surface area contributed by atoms with Gasteiger partial charge in [-0.1, -0.05) is 6.92 Å². The standard InChI is InChI=1S/C15H22N2O3S/c1-3-11-6-7-12(21-11)10-16-14(20)17-9-5-4-8-15(17,2)13(18)19/h6-7H,3-5,8-10H2,1-2H3,(H,16,20)(H,18,19). The molecule has 1 saturated heterocycles. The molecule has 1 atom stereocenters. The minimum atomic E-state index is -1.09. The summed E-state index contributed by atoms with van der Waals surface area (Å²) in [5, 5.41) is 12.3. The second kappa shape index (κ2) is 6.47. The fourth-order valence-electron chi connectivity index (χ4n) is 2.63. The number of hydrogen-bond acceptors (Lipinski definition) is 3. The van der Waals surface area contributed by atoms with E-state index in [1.165, 1.54) is 9.78 Å². The number of hydrogen-bond donors (Lipinski definition) is 2. The van der Waals surface area contributed by atoms with Crippen LogP contribution >= 0.6 is 11.3 Å². The molecular weight excluding hydrogens is 288 g/mol. The monoisotopic (exact) mass is 310 g/mol. The van der Waals surface area contributed by atoms with Gasteiger partial charge in [0.2, 0.25) is 0 Å². The number of carbonyl (C=O) groups excluding carboxylic acids is 1. The van der Waals surface area contributed by atoms with Crippen LogP contribution in [0.4, 0.5) is 4.79 Å². The van der Waals surface area contributed by atoms with Crippen molar-refractivity contribution in [2.24, 2.45) is 0 Å². The Labute approximate surface area is 129 Å². The van der Waals surface area contributed by atoms with Crippen molar-refractivity contribution in [2.45, 2.75) is 51.6 Å². The molecule has 0 radical (unpaired) electrons. The second-order valence-electron chi connectivity index (χ2n) is 5.57. The van der Waals surface area contributed by atoms with Crippen LogP contribution in [0.3, 0.4) is 0 Å². The van der Waals surface area contributed by atoms with E-state index in [1.54, 1.807) is 18.3 Å². The Morgan fingerprint density at radius 1 is 1.38 bits per heavy atom. The molecule has 2 heterocycles. The molecular formula is C15H22N2O3S. The van der Waals surface area contributed by atoms with Crippen molar-refractivity contribution in [1.82, 2.24) is 10.2 Å². The lowest BCUT2D eigenvalue weighted by atomic mass is 9.89. The van der Waals surface area contributed by atoms with Gasteiger partial charge in [-0.15, -0.1) is 11.3 Å². The SMILES string of the molecule is CCc1ccc(CNC(=O)N2CCCCC2(C)C(=O)O)s1. The van der Waals surface area contributed by atoms with Gasteiger partial charge in [0, 0.05) is 16.3 Å². The summed E-state index contributed by atoms with van der Waals surface area (Å²) in [5.74, 6) is -0.929. The molecule has 2 N–H and O–H groups in total. The van der Waals surface area contributed by atoms with Gasteiger partial charge in [-0.2, -0.15) is 0 Å². The molecule has 0 aliphatic carbocycles. The Bertz CT molecular complexity index is 529. The highest BCUT2D eigenvalue weighted by atomic mass is 32.1. The minimum absolute atomic E-state index is 0.286. The fraction of sp³-hybridized carbons (Fsp3) is 0.600. The number of aliphatic carboxylic acids is 1. The number of carbonyl (C=O) groups is 2. The first-order valence-electron chi connectivity index (χ1n) is 7.34. The Hall–Kier alpha value is -1.56. The highest BCUT2D eigenvalue weighted by Crippen LogP contribution is 2.28. The third-order valence-electron chi connectivity index (χ3n) is 4.08. The van der Waals surface area contributed by atoms with Crippen molar-refractivity contribution in [3.05, 3.63) is 21.9 Å². The van der Waals surface area contributed by atoms with Gasteiger partial charge in [0.05, 0.1) is 6.54 Å². The molecule has 2 amide bonds. The van der Waals surface area contributed by atoms with Gasteiger partial charge in [-0.05, 0) is 44.7 Å². The maximum Gasteiger partial charge on any atom is 0.329 e. The summed E-state index contributed by atoms with van der Waals surface area (Å²) < 4.78 is 0. The number of rotatable bonds is 4. The zero-order valence-corrected chi connectivity index (χ0v) is 13.3. The Balaban J connectivity index is 1.99. The predicted molar refractivity (Wildman–Crippen MR) is 82.5 cm³/mol. The number of nitrogens with one attached hydrogen (secondary N) is 1. The predicted octanol–water partition coefficient (Wildman–Crippen LogP) is 2.85. The zero-order valence-electron chi connectivity index (χ0n) is 12.5. The van der Waals surface area contributed by atoms with Crippen LogP contribution in [0.1, 0.15) is 42.9 Å². The third-order valence-corrected chi connectivity index (χ3v) is 5.31. The summed E-state index contributed by atoms with van der Waals surface area (Å²) in [4.78, 5) is 27.7. The number of carboxylic acid groups (broad SMARTS) is 1. The Morgan fingerprint density at radius 2 is 2.10 bits per heavy atom. The quantitative estimate of drug-likeness (QED) is 0.898. The second-order valence-corrected chi connectivity index (χ2v) is 6.82. The molecule has 1 unspecified atom stereocenters. The first kappa shape index (κ1) is 15.8. The lowest BCUT2D eigenvalue weighted by molar-refractivity contribution is -0.150. The van der Waals surface area contributed by atoms with Crippen LogP contribution in [-0.4, -0.2) is 34.1 Å². The number of nitrogens with zero attached hydrogens (tertiary/aromatic N) is 1. The van der Waals surface area contributed by atoms with E-state index < -0.39 is 11.5 Å². The molecule has 1 aromatic heterocycles. The summed E-state index contributed by atoms with van der Waals surface area (Å²) in [6.07, 6.45) is 3.20. The molecule has 2 rings (SSSR count). The molecule has 21 heavy (non-hydrogen) atoms. The van der Waals surface area contributed by atoms with E-state index in [0.29, 0.717) is 19.5 Å². The van der Waals surface area contributed by atoms with E-state index >= 15 is 0 Å². The molecule has 1 aliphatic rings. The molecule has 0 spiro atoms. The lowest BCUT2D eigenvalue weighted by Crippen LogP contribution is -2.59. The largest absolute Gasteiger partial charge is 0.480 e. The Kier molecular flexibility index (Phi) is 4.88. The number of carboxylic acids is 1. The minimum Gasteiger partial charge on any atom is -0.480 e. The third kappa shape index (κ3) is 3.37. The van der Waals surface area contributed by atoms with E-state index in [2.05, 4.69) is 18.3 Å². The van der Waals surface area contributed by atoms with E-state index in [4.69, 9.17) is 0 Å². The normalized spacial score (nSPS) is 22.1. The average Bonchev–Trinajstić information content (AvgIpc) is 2.93. The van der Waals surface area contributed by atoms with Crippen molar-refractivity contribution in [2.75, 3.05) is 6.54 Å². The van der Waals surface area contributed by atoms with Gasteiger partial charge < -0.3 is 15.3 Å². The molecule has 1 fully saturated rings. The maximum absolute atomic E-state index is 12.3. The van der Waals surface area contributed by atoms with Crippen LogP contribution in [0.2, 0.25) is 0 Å². The van der Waals surface area contributed by atoms with Crippen molar-refractivity contribution in [1.29, 1.82) is 0 Å². The van der Waals surface area contributed by atoms with E-state index in [0.717, 1.165) is 24.1 Å². The summed E-state index contributed by atoms with van der Waals surface area (Å²) in [6, 6.07) is 3.79. The van der Waals surface area contributed by atoms with Gasteiger partial charge in [0.25, 0.3) is 0 Å². The highest BCUT2D eigenvalue weighted by Gasteiger charge is 2.43. The van der Waals surface area contributed by atoms with Crippen LogP contribution in [0, 0.1) is 0 Å². The lowest BCUT2D eigenvalue weighted by Gasteiger charge is -2.41. The average molecular weight is 310 g/mol. The molecule has 116 valence electrons. The summed E-state index contributed by atoms with van der Waals surface area (Å²) >= 11 is 1.68. The number of amides is 2. The molecule has 0 saturated carbocycles. The fourth-order valence-corrected chi connectivity index (χ4v) is 3.53. The van der Waals surface area contributed by atoms with Crippen LogP contribution in [-0.2, 0) is 17.8 Å². The van der Waals surface area contributed by atoms with Crippen LogP contribution in [0.15, 0.2) is 12.1 Å². The Morgan fingerprint density at radius 3 is 2.71 bits per heavy atom. The highest BCUT2D eigenvalue weighted by molar-refractivity contribution is 7.11. The van der Waals surface area contributed by atoms with E-state index in [-0.39, 0.29) is 6.03 Å². The van der Waals surface area contributed by atoms with Crippen molar-refractivity contribution < 1.29 is 14.7 Å². The number of likely N-dealkylation sites (tertiary alicyclic amines) is 1. The topological polar surface area (TPSA) is 69.6 Å². The van der Waals surface area contributed by atoms with Gasteiger partial charge in [-0.25, -0.2) is 9.59 Å². The van der Waals surface area contributed by atoms with Crippen LogP contribution < -0.4 is 5.32 Å². The molecule has 5 nitrogen and oxygen atoms in total. The van der Waals surface area contributed by atoms with Crippen molar-refractivity contribution in [3.63, 3.8) is 0 Å². The number of piperidine rings is 1. The number of urea groups is 1. The maximum atomic E-state index is 12.3. The molecule has 6 heteroatoms. The number of aryl methyl sites for hydroxylation is 1. The van der Waals surface area contributed by atoms with Crippen LogP contribution in [0.25, 0.3) is 0 Å². The van der Waals surface area contributed by atoms with Crippen molar-refractivity contribution in [3.8, 4) is 0 Å².